The normalized spacial score (nSPS) is 18.0. The Hall–Kier alpha value is -1.75. The van der Waals surface area contributed by atoms with E-state index in [2.05, 4.69) is 0 Å². The van der Waals surface area contributed by atoms with Crippen LogP contribution in [0.2, 0.25) is 0 Å². The maximum Gasteiger partial charge on any atom is 0.257 e. The molecule has 1 heterocycles. The fraction of sp³-hybridized carbons (Fsp3) is 0.533. The number of nitrogen functional groups attached to an aromatic ring is 1. The van der Waals surface area contributed by atoms with Crippen molar-refractivity contribution in [3.05, 3.63) is 23.8 Å². The minimum Gasteiger partial charge on any atom is -0.496 e. The largest absolute Gasteiger partial charge is 0.496 e. The molecule has 1 fully saturated rings. The zero-order valence-electron chi connectivity index (χ0n) is 12.1. The molecular weight excluding hydrogens is 256 g/mol. The zero-order chi connectivity index (χ0) is 14.5. The minimum absolute atomic E-state index is 0.0174. The Balaban J connectivity index is 2.14. The number of carbonyl (C=O) groups is 1. The van der Waals surface area contributed by atoms with E-state index in [1.54, 1.807) is 25.3 Å². The van der Waals surface area contributed by atoms with E-state index in [1.807, 2.05) is 11.8 Å². The first kappa shape index (κ1) is 14.7. The van der Waals surface area contributed by atoms with Crippen LogP contribution in [-0.2, 0) is 4.74 Å². The van der Waals surface area contributed by atoms with Crippen LogP contribution >= 0.6 is 0 Å². The topological polar surface area (TPSA) is 64.8 Å². The van der Waals surface area contributed by atoms with Gasteiger partial charge in [-0.2, -0.15) is 0 Å². The van der Waals surface area contributed by atoms with Gasteiger partial charge in [-0.25, -0.2) is 0 Å². The smallest absolute Gasteiger partial charge is 0.257 e. The van der Waals surface area contributed by atoms with E-state index in [-0.39, 0.29) is 5.91 Å². The van der Waals surface area contributed by atoms with Crippen molar-refractivity contribution >= 4 is 11.6 Å². The second-order valence-electron chi connectivity index (χ2n) is 5.03. The van der Waals surface area contributed by atoms with Crippen LogP contribution in [0.5, 0.6) is 5.75 Å². The molecule has 0 bridgehead atoms. The molecule has 0 aliphatic carbocycles. The lowest BCUT2D eigenvalue weighted by atomic mass is 10.1. The maximum atomic E-state index is 12.6. The van der Waals surface area contributed by atoms with E-state index in [0.717, 1.165) is 26.2 Å². The van der Waals surface area contributed by atoms with Gasteiger partial charge >= 0.3 is 0 Å². The van der Waals surface area contributed by atoms with E-state index in [0.29, 0.717) is 29.5 Å². The third-order valence-corrected chi connectivity index (χ3v) is 3.63. The number of rotatable bonds is 5. The van der Waals surface area contributed by atoms with Gasteiger partial charge in [-0.05, 0) is 25.5 Å². The highest BCUT2D eigenvalue weighted by Crippen LogP contribution is 2.24. The molecule has 1 aromatic rings. The van der Waals surface area contributed by atoms with Crippen LogP contribution in [0.4, 0.5) is 5.69 Å². The summed E-state index contributed by atoms with van der Waals surface area (Å²) in [5.41, 5.74) is 6.87. The Bertz CT molecular complexity index is 470. The molecule has 2 rings (SSSR count). The van der Waals surface area contributed by atoms with Gasteiger partial charge in [0, 0.05) is 37.4 Å². The van der Waals surface area contributed by atoms with Gasteiger partial charge in [0.05, 0.1) is 19.3 Å². The van der Waals surface area contributed by atoms with Crippen LogP contribution < -0.4 is 10.5 Å². The quantitative estimate of drug-likeness (QED) is 0.834. The van der Waals surface area contributed by atoms with Gasteiger partial charge in [0.1, 0.15) is 5.75 Å². The molecule has 2 N–H and O–H groups in total. The van der Waals surface area contributed by atoms with Gasteiger partial charge in [-0.3, -0.25) is 4.79 Å². The fourth-order valence-electron chi connectivity index (χ4n) is 2.45. The fourth-order valence-corrected chi connectivity index (χ4v) is 2.45. The molecule has 110 valence electrons. The predicted molar refractivity (Wildman–Crippen MR) is 77.9 cm³/mol. The van der Waals surface area contributed by atoms with Gasteiger partial charge in [-0.1, -0.05) is 0 Å². The van der Waals surface area contributed by atoms with Gasteiger partial charge < -0.3 is 20.1 Å². The number of amides is 1. The van der Waals surface area contributed by atoms with Crippen LogP contribution in [0.15, 0.2) is 18.2 Å². The summed E-state index contributed by atoms with van der Waals surface area (Å²) in [6.07, 6.45) is 1.02. The molecule has 1 amide bonds. The van der Waals surface area contributed by atoms with Crippen LogP contribution in [0.1, 0.15) is 23.7 Å². The number of methoxy groups -OCH3 is 1. The number of anilines is 1. The SMILES string of the molecule is CCN(CC1CCOC1)C(=O)c1ccc(N)cc1OC. The molecule has 0 spiro atoms. The second kappa shape index (κ2) is 6.61. The summed E-state index contributed by atoms with van der Waals surface area (Å²) in [6.45, 7) is 4.91. The van der Waals surface area contributed by atoms with Gasteiger partial charge in [-0.15, -0.1) is 0 Å². The maximum absolute atomic E-state index is 12.6. The third-order valence-electron chi connectivity index (χ3n) is 3.63. The molecule has 1 aliphatic rings. The average molecular weight is 278 g/mol. The number of hydrogen-bond donors (Lipinski definition) is 1. The standard InChI is InChI=1S/C15H22N2O3/c1-3-17(9-11-6-7-20-10-11)15(18)13-5-4-12(16)8-14(13)19-2/h4-5,8,11H,3,6-7,9-10,16H2,1-2H3. The number of ether oxygens (including phenoxy) is 2. The number of carbonyl (C=O) groups excluding carboxylic acids is 1. The number of benzene rings is 1. The third kappa shape index (κ3) is 3.22. The van der Waals surface area contributed by atoms with E-state index < -0.39 is 0 Å². The first-order valence-electron chi connectivity index (χ1n) is 6.96. The summed E-state index contributed by atoms with van der Waals surface area (Å²) in [5, 5.41) is 0. The van der Waals surface area contributed by atoms with Crippen LogP contribution in [0.25, 0.3) is 0 Å². The van der Waals surface area contributed by atoms with Crippen molar-refractivity contribution in [2.24, 2.45) is 5.92 Å². The Labute approximate surface area is 119 Å². The Morgan fingerprint density at radius 2 is 2.35 bits per heavy atom. The summed E-state index contributed by atoms with van der Waals surface area (Å²) in [4.78, 5) is 14.5. The van der Waals surface area contributed by atoms with Crippen LogP contribution in [0, 0.1) is 5.92 Å². The number of nitrogens with zero attached hydrogens (tertiary/aromatic N) is 1. The molecule has 0 aromatic heterocycles. The van der Waals surface area contributed by atoms with Crippen molar-refractivity contribution in [1.82, 2.24) is 4.90 Å². The van der Waals surface area contributed by atoms with Gasteiger partial charge in [0.25, 0.3) is 5.91 Å². The molecule has 1 aliphatic heterocycles. The highest BCUT2D eigenvalue weighted by atomic mass is 16.5. The summed E-state index contributed by atoms with van der Waals surface area (Å²) >= 11 is 0. The van der Waals surface area contributed by atoms with Crippen molar-refractivity contribution in [1.29, 1.82) is 0 Å². The van der Waals surface area contributed by atoms with Gasteiger partial charge in [0.2, 0.25) is 0 Å². The molecule has 20 heavy (non-hydrogen) atoms. The van der Waals surface area contributed by atoms with E-state index in [1.165, 1.54) is 0 Å². The Morgan fingerprint density at radius 1 is 1.55 bits per heavy atom. The molecule has 1 unspecified atom stereocenters. The molecule has 0 radical (unpaired) electrons. The Morgan fingerprint density at radius 3 is 2.95 bits per heavy atom. The van der Waals surface area contributed by atoms with Crippen molar-refractivity contribution in [3.63, 3.8) is 0 Å². The van der Waals surface area contributed by atoms with Crippen molar-refractivity contribution in [2.45, 2.75) is 13.3 Å². The zero-order valence-corrected chi connectivity index (χ0v) is 12.1. The highest BCUT2D eigenvalue weighted by Gasteiger charge is 2.24. The molecule has 5 heteroatoms. The molecule has 1 atom stereocenters. The van der Waals surface area contributed by atoms with E-state index >= 15 is 0 Å². The van der Waals surface area contributed by atoms with Crippen LogP contribution in [0.3, 0.4) is 0 Å². The first-order valence-corrected chi connectivity index (χ1v) is 6.96. The lowest BCUT2D eigenvalue weighted by Gasteiger charge is -2.24. The summed E-state index contributed by atoms with van der Waals surface area (Å²) in [7, 11) is 1.55. The average Bonchev–Trinajstić information content (AvgIpc) is 2.96. The predicted octanol–water partition coefficient (Wildman–Crippen LogP) is 1.78. The van der Waals surface area contributed by atoms with Crippen LogP contribution in [-0.4, -0.2) is 44.2 Å². The Kier molecular flexibility index (Phi) is 4.84. The monoisotopic (exact) mass is 278 g/mol. The highest BCUT2D eigenvalue weighted by molar-refractivity contribution is 5.97. The molecule has 1 aromatic carbocycles. The van der Waals surface area contributed by atoms with Crippen molar-refractivity contribution in [3.8, 4) is 5.75 Å². The molecule has 5 nitrogen and oxygen atoms in total. The minimum atomic E-state index is -0.0174. The second-order valence-corrected chi connectivity index (χ2v) is 5.03. The molecule has 1 saturated heterocycles. The van der Waals surface area contributed by atoms with Gasteiger partial charge in [0.15, 0.2) is 0 Å². The number of hydrogen-bond acceptors (Lipinski definition) is 4. The van der Waals surface area contributed by atoms with Crippen molar-refractivity contribution in [2.75, 3.05) is 39.1 Å². The first-order chi connectivity index (χ1) is 9.65. The number of nitrogens with two attached hydrogens (primary N) is 1. The lowest BCUT2D eigenvalue weighted by molar-refractivity contribution is 0.0727. The summed E-state index contributed by atoms with van der Waals surface area (Å²) < 4.78 is 10.6. The van der Waals surface area contributed by atoms with E-state index in [4.69, 9.17) is 15.2 Å². The summed E-state index contributed by atoms with van der Waals surface area (Å²) in [5.74, 6) is 0.936. The molecule has 0 saturated carbocycles. The lowest BCUT2D eigenvalue weighted by Crippen LogP contribution is -2.35. The van der Waals surface area contributed by atoms with E-state index in [9.17, 15) is 4.79 Å². The molecular formula is C15H22N2O3. The summed E-state index contributed by atoms with van der Waals surface area (Å²) in [6, 6.07) is 5.13. The van der Waals surface area contributed by atoms with Crippen molar-refractivity contribution < 1.29 is 14.3 Å².